The number of nitrogens with one attached hydrogen (secondary N) is 1. The van der Waals surface area contributed by atoms with Crippen LogP contribution in [-0.2, 0) is 0 Å². The number of benzene rings is 1. The molecule has 2 aromatic heterocycles. The largest absolute Gasteiger partial charge is 0.508 e. The van der Waals surface area contributed by atoms with Gasteiger partial charge in [0, 0.05) is 18.0 Å². The van der Waals surface area contributed by atoms with Gasteiger partial charge in [-0.3, -0.25) is 9.20 Å². The summed E-state index contributed by atoms with van der Waals surface area (Å²) in [5.41, 5.74) is 3.49. The van der Waals surface area contributed by atoms with Crippen LogP contribution in [0.25, 0.3) is 5.65 Å². The van der Waals surface area contributed by atoms with Crippen LogP contribution in [0.1, 0.15) is 21.7 Å². The van der Waals surface area contributed by atoms with Gasteiger partial charge in [-0.1, -0.05) is 12.1 Å². The van der Waals surface area contributed by atoms with Crippen LogP contribution in [-0.4, -0.2) is 20.4 Å². The van der Waals surface area contributed by atoms with Gasteiger partial charge in [0.1, 0.15) is 17.1 Å². The average Bonchev–Trinajstić information content (AvgIpc) is 2.76. The Labute approximate surface area is 121 Å². The molecule has 5 nitrogen and oxygen atoms in total. The summed E-state index contributed by atoms with van der Waals surface area (Å²) >= 11 is 0. The van der Waals surface area contributed by atoms with E-state index in [9.17, 15) is 9.90 Å². The summed E-state index contributed by atoms with van der Waals surface area (Å²) in [7, 11) is 0. The van der Waals surface area contributed by atoms with Gasteiger partial charge < -0.3 is 10.4 Å². The van der Waals surface area contributed by atoms with E-state index in [0.29, 0.717) is 17.1 Å². The normalized spacial score (nSPS) is 10.8. The second-order valence-corrected chi connectivity index (χ2v) is 4.94. The number of hydrogen-bond acceptors (Lipinski definition) is 3. The maximum Gasteiger partial charge on any atom is 0.274 e. The number of nitrogens with zero attached hydrogens (tertiary/aromatic N) is 2. The molecule has 0 unspecified atom stereocenters. The first kappa shape index (κ1) is 13.2. The highest BCUT2D eigenvalue weighted by molar-refractivity contribution is 6.04. The quantitative estimate of drug-likeness (QED) is 0.759. The van der Waals surface area contributed by atoms with Crippen molar-refractivity contribution in [2.75, 3.05) is 5.32 Å². The van der Waals surface area contributed by atoms with Gasteiger partial charge in [0.05, 0.1) is 5.69 Å². The van der Waals surface area contributed by atoms with Crippen molar-refractivity contribution in [3.63, 3.8) is 0 Å². The van der Waals surface area contributed by atoms with Crippen LogP contribution < -0.4 is 5.32 Å². The second-order valence-electron chi connectivity index (χ2n) is 4.94. The molecule has 0 aliphatic heterocycles. The molecule has 0 fully saturated rings. The molecular formula is C16H15N3O2. The van der Waals surface area contributed by atoms with E-state index in [1.54, 1.807) is 22.6 Å². The molecule has 21 heavy (non-hydrogen) atoms. The van der Waals surface area contributed by atoms with Crippen molar-refractivity contribution in [3.05, 3.63) is 59.5 Å². The number of carbonyl (C=O) groups is 1. The summed E-state index contributed by atoms with van der Waals surface area (Å²) in [5.74, 6) is -0.144. The SMILES string of the molecule is Cc1nc2c(C)cccn2c1C(=O)Nc1cccc(O)c1. The van der Waals surface area contributed by atoms with E-state index in [4.69, 9.17) is 0 Å². The van der Waals surface area contributed by atoms with Crippen LogP contribution in [0.5, 0.6) is 5.75 Å². The molecule has 0 radical (unpaired) electrons. The lowest BCUT2D eigenvalue weighted by atomic mass is 10.2. The third-order valence-electron chi connectivity index (χ3n) is 3.34. The van der Waals surface area contributed by atoms with Crippen molar-refractivity contribution in [1.29, 1.82) is 0 Å². The number of aromatic nitrogens is 2. The Morgan fingerprint density at radius 1 is 1.24 bits per heavy atom. The monoisotopic (exact) mass is 281 g/mol. The Kier molecular flexibility index (Phi) is 3.10. The minimum Gasteiger partial charge on any atom is -0.508 e. The first-order valence-corrected chi connectivity index (χ1v) is 6.61. The molecule has 2 heterocycles. The van der Waals surface area contributed by atoms with E-state index >= 15 is 0 Å². The van der Waals surface area contributed by atoms with Gasteiger partial charge in [0.2, 0.25) is 0 Å². The minimum atomic E-state index is -0.254. The van der Waals surface area contributed by atoms with Crippen LogP contribution in [0.15, 0.2) is 42.6 Å². The zero-order valence-electron chi connectivity index (χ0n) is 11.8. The molecule has 1 amide bonds. The maximum atomic E-state index is 12.5. The van der Waals surface area contributed by atoms with E-state index in [2.05, 4.69) is 10.3 Å². The van der Waals surface area contributed by atoms with Crippen molar-refractivity contribution in [1.82, 2.24) is 9.38 Å². The molecule has 106 valence electrons. The van der Waals surface area contributed by atoms with E-state index in [-0.39, 0.29) is 11.7 Å². The number of anilines is 1. The van der Waals surface area contributed by atoms with Gasteiger partial charge >= 0.3 is 0 Å². The fourth-order valence-electron chi connectivity index (χ4n) is 2.36. The molecule has 0 aliphatic rings. The molecule has 0 atom stereocenters. The smallest absolute Gasteiger partial charge is 0.274 e. The standard InChI is InChI=1S/C16H15N3O2/c1-10-5-4-8-19-14(11(2)17-15(10)19)16(21)18-12-6-3-7-13(20)9-12/h3-9,20H,1-2H3,(H,18,21). The number of amides is 1. The highest BCUT2D eigenvalue weighted by Gasteiger charge is 2.17. The lowest BCUT2D eigenvalue weighted by molar-refractivity contribution is 0.102. The van der Waals surface area contributed by atoms with Crippen molar-refractivity contribution in [3.8, 4) is 5.75 Å². The average molecular weight is 281 g/mol. The fraction of sp³-hybridized carbons (Fsp3) is 0.125. The van der Waals surface area contributed by atoms with E-state index in [0.717, 1.165) is 11.2 Å². The Morgan fingerprint density at radius 3 is 2.81 bits per heavy atom. The number of imidazole rings is 1. The van der Waals surface area contributed by atoms with Crippen LogP contribution in [0.3, 0.4) is 0 Å². The van der Waals surface area contributed by atoms with Crippen LogP contribution in [0.4, 0.5) is 5.69 Å². The molecule has 0 spiro atoms. The predicted octanol–water partition coefficient (Wildman–Crippen LogP) is 2.91. The molecule has 1 aromatic carbocycles. The van der Waals surface area contributed by atoms with Gasteiger partial charge in [-0.05, 0) is 37.6 Å². The van der Waals surface area contributed by atoms with Crippen molar-refractivity contribution < 1.29 is 9.90 Å². The van der Waals surface area contributed by atoms with Crippen molar-refractivity contribution in [2.24, 2.45) is 0 Å². The third kappa shape index (κ3) is 2.33. The van der Waals surface area contributed by atoms with Crippen LogP contribution in [0.2, 0.25) is 0 Å². The highest BCUT2D eigenvalue weighted by Crippen LogP contribution is 2.19. The van der Waals surface area contributed by atoms with E-state index < -0.39 is 0 Å². The third-order valence-corrected chi connectivity index (χ3v) is 3.34. The minimum absolute atomic E-state index is 0.110. The molecule has 3 aromatic rings. The number of phenolic OH excluding ortho intramolecular Hbond substituents is 1. The summed E-state index contributed by atoms with van der Waals surface area (Å²) in [6.45, 7) is 3.77. The van der Waals surface area contributed by atoms with E-state index in [1.165, 1.54) is 6.07 Å². The molecule has 0 bridgehead atoms. The van der Waals surface area contributed by atoms with Crippen LogP contribution in [0, 0.1) is 13.8 Å². The van der Waals surface area contributed by atoms with Gasteiger partial charge in [-0.2, -0.15) is 0 Å². The van der Waals surface area contributed by atoms with E-state index in [1.807, 2.05) is 32.2 Å². The number of aromatic hydroxyl groups is 1. The predicted molar refractivity (Wildman–Crippen MR) is 80.7 cm³/mol. The Hall–Kier alpha value is -2.82. The zero-order chi connectivity index (χ0) is 15.0. The van der Waals surface area contributed by atoms with Gasteiger partial charge in [0.15, 0.2) is 0 Å². The number of hydrogen-bond donors (Lipinski definition) is 2. The summed E-state index contributed by atoms with van der Waals surface area (Å²) in [4.78, 5) is 16.9. The second kappa shape index (κ2) is 4.94. The molecule has 0 saturated heterocycles. The fourth-order valence-corrected chi connectivity index (χ4v) is 2.36. The van der Waals surface area contributed by atoms with Crippen molar-refractivity contribution in [2.45, 2.75) is 13.8 Å². The van der Waals surface area contributed by atoms with Crippen LogP contribution >= 0.6 is 0 Å². The van der Waals surface area contributed by atoms with Gasteiger partial charge in [-0.25, -0.2) is 4.98 Å². The summed E-state index contributed by atoms with van der Waals surface area (Å²) in [6.07, 6.45) is 1.82. The highest BCUT2D eigenvalue weighted by atomic mass is 16.3. The summed E-state index contributed by atoms with van der Waals surface area (Å²) in [6, 6.07) is 10.3. The number of pyridine rings is 1. The number of phenols is 1. The summed E-state index contributed by atoms with van der Waals surface area (Å²) in [5, 5.41) is 12.2. The number of aryl methyl sites for hydroxylation is 2. The maximum absolute atomic E-state index is 12.5. The molecule has 0 saturated carbocycles. The lowest BCUT2D eigenvalue weighted by Gasteiger charge is -2.06. The molecule has 3 rings (SSSR count). The zero-order valence-corrected chi connectivity index (χ0v) is 11.8. The topological polar surface area (TPSA) is 66.6 Å². The first-order chi connectivity index (χ1) is 10.1. The molecule has 5 heteroatoms. The number of rotatable bonds is 2. The Morgan fingerprint density at radius 2 is 2.05 bits per heavy atom. The number of carbonyl (C=O) groups excluding carboxylic acids is 1. The van der Waals surface area contributed by atoms with Gasteiger partial charge in [0.25, 0.3) is 5.91 Å². The first-order valence-electron chi connectivity index (χ1n) is 6.61. The molecular weight excluding hydrogens is 266 g/mol. The number of fused-ring (bicyclic) bond motifs is 1. The molecule has 0 aliphatic carbocycles. The molecule has 2 N–H and O–H groups in total. The van der Waals surface area contributed by atoms with Crippen molar-refractivity contribution >= 4 is 17.2 Å². The van der Waals surface area contributed by atoms with Gasteiger partial charge in [-0.15, -0.1) is 0 Å². The lowest BCUT2D eigenvalue weighted by Crippen LogP contribution is -2.15. The Bertz CT molecular complexity index is 837. The Balaban J connectivity index is 2.02. The summed E-state index contributed by atoms with van der Waals surface area (Å²) < 4.78 is 1.78.